The zero-order valence-electron chi connectivity index (χ0n) is 16.9. The van der Waals surface area contributed by atoms with Crippen LogP contribution in [-0.4, -0.2) is 69.8 Å². The number of hydrogen-bond acceptors (Lipinski definition) is 8. The monoisotopic (exact) mass is 403 g/mol. The third-order valence-electron chi connectivity index (χ3n) is 3.52. The molecule has 0 unspecified atom stereocenters. The summed E-state index contributed by atoms with van der Waals surface area (Å²) in [5, 5.41) is 2.73. The predicted molar refractivity (Wildman–Crippen MR) is 101 cm³/mol. The number of hydrogen-bond donors (Lipinski definition) is 1. The second-order valence-electron chi connectivity index (χ2n) is 5.94. The van der Waals surface area contributed by atoms with Crippen molar-refractivity contribution < 1.29 is 38.1 Å². The second-order valence-corrected chi connectivity index (χ2v) is 5.94. The number of ether oxygens (including phenoxy) is 4. The molecule has 1 amide bonds. The van der Waals surface area contributed by atoms with Gasteiger partial charge >= 0.3 is 11.9 Å². The smallest absolute Gasteiger partial charge is 0.305 e. The molecular weight excluding hydrogens is 370 g/mol. The SMILES string of the molecule is CCC(=O)OCC(COC(=O)CC)OCCCC(=O)NCCOCCCC=O. The Morgan fingerprint density at radius 2 is 1.57 bits per heavy atom. The van der Waals surface area contributed by atoms with Crippen molar-refractivity contribution in [1.29, 1.82) is 0 Å². The first-order valence-electron chi connectivity index (χ1n) is 9.74. The maximum absolute atomic E-state index is 11.7. The van der Waals surface area contributed by atoms with Crippen LogP contribution in [0.3, 0.4) is 0 Å². The van der Waals surface area contributed by atoms with E-state index in [9.17, 15) is 19.2 Å². The molecule has 9 nitrogen and oxygen atoms in total. The molecule has 0 radical (unpaired) electrons. The van der Waals surface area contributed by atoms with Crippen molar-refractivity contribution in [2.45, 2.75) is 58.5 Å². The van der Waals surface area contributed by atoms with Crippen molar-refractivity contribution >= 4 is 24.1 Å². The van der Waals surface area contributed by atoms with Gasteiger partial charge in [-0.3, -0.25) is 14.4 Å². The van der Waals surface area contributed by atoms with E-state index in [0.717, 1.165) is 6.29 Å². The average Bonchev–Trinajstić information content (AvgIpc) is 2.71. The molecule has 0 atom stereocenters. The molecule has 0 heterocycles. The van der Waals surface area contributed by atoms with E-state index < -0.39 is 6.10 Å². The van der Waals surface area contributed by atoms with Gasteiger partial charge in [0.2, 0.25) is 5.91 Å². The molecule has 0 aromatic rings. The van der Waals surface area contributed by atoms with Crippen LogP contribution in [0, 0.1) is 0 Å². The lowest BCUT2D eigenvalue weighted by Crippen LogP contribution is -2.30. The van der Waals surface area contributed by atoms with Crippen LogP contribution in [-0.2, 0) is 38.1 Å². The van der Waals surface area contributed by atoms with E-state index in [-0.39, 0.29) is 56.9 Å². The molecular formula is C19H33NO8. The summed E-state index contributed by atoms with van der Waals surface area (Å²) < 4.78 is 20.9. The Kier molecular flexibility index (Phi) is 17.1. The summed E-state index contributed by atoms with van der Waals surface area (Å²) >= 11 is 0. The van der Waals surface area contributed by atoms with Crippen LogP contribution in [0.2, 0.25) is 0 Å². The Morgan fingerprint density at radius 1 is 0.929 bits per heavy atom. The molecule has 1 N–H and O–H groups in total. The van der Waals surface area contributed by atoms with Crippen LogP contribution in [0.4, 0.5) is 0 Å². The quantitative estimate of drug-likeness (QED) is 0.206. The minimum atomic E-state index is -0.561. The van der Waals surface area contributed by atoms with E-state index in [4.69, 9.17) is 18.9 Å². The lowest BCUT2D eigenvalue weighted by atomic mass is 10.3. The van der Waals surface area contributed by atoms with E-state index in [1.165, 1.54) is 0 Å². The number of esters is 2. The van der Waals surface area contributed by atoms with E-state index in [1.807, 2.05) is 0 Å². The van der Waals surface area contributed by atoms with Gasteiger partial charge in [0, 0.05) is 45.4 Å². The first kappa shape index (κ1) is 26.0. The van der Waals surface area contributed by atoms with Gasteiger partial charge < -0.3 is 29.1 Å². The second kappa shape index (κ2) is 18.4. The summed E-state index contributed by atoms with van der Waals surface area (Å²) in [6.45, 7) is 4.93. The highest BCUT2D eigenvalue weighted by atomic mass is 16.6. The van der Waals surface area contributed by atoms with Crippen LogP contribution in [0.25, 0.3) is 0 Å². The van der Waals surface area contributed by atoms with Gasteiger partial charge in [0.05, 0.1) is 6.61 Å². The molecule has 0 saturated carbocycles. The normalized spacial score (nSPS) is 10.5. The highest BCUT2D eigenvalue weighted by Crippen LogP contribution is 2.01. The number of unbranched alkanes of at least 4 members (excludes halogenated alkanes) is 1. The Hall–Kier alpha value is -2.00. The molecule has 0 spiro atoms. The maximum atomic E-state index is 11.7. The summed E-state index contributed by atoms with van der Waals surface area (Å²) in [5.41, 5.74) is 0. The lowest BCUT2D eigenvalue weighted by Gasteiger charge is -2.18. The molecule has 28 heavy (non-hydrogen) atoms. The minimum absolute atomic E-state index is 0.00267. The molecule has 0 saturated heterocycles. The van der Waals surface area contributed by atoms with Crippen LogP contribution >= 0.6 is 0 Å². The van der Waals surface area contributed by atoms with Gasteiger partial charge in [-0.05, 0) is 12.8 Å². The molecule has 0 aliphatic heterocycles. The molecule has 0 aliphatic carbocycles. The maximum Gasteiger partial charge on any atom is 0.305 e. The van der Waals surface area contributed by atoms with Crippen molar-refractivity contribution in [3.05, 3.63) is 0 Å². The zero-order chi connectivity index (χ0) is 21.0. The number of carbonyl (C=O) groups excluding carboxylic acids is 4. The van der Waals surface area contributed by atoms with Crippen molar-refractivity contribution in [3.8, 4) is 0 Å². The number of amides is 1. The van der Waals surface area contributed by atoms with E-state index in [2.05, 4.69) is 5.32 Å². The summed E-state index contributed by atoms with van der Waals surface area (Å²) in [6.07, 6.45) is 2.70. The summed E-state index contributed by atoms with van der Waals surface area (Å²) in [4.78, 5) is 44.4. The zero-order valence-corrected chi connectivity index (χ0v) is 16.9. The van der Waals surface area contributed by atoms with Crippen LogP contribution in [0.1, 0.15) is 52.4 Å². The van der Waals surface area contributed by atoms with E-state index in [0.29, 0.717) is 39.0 Å². The van der Waals surface area contributed by atoms with Crippen molar-refractivity contribution in [2.75, 3.05) is 39.6 Å². The highest BCUT2D eigenvalue weighted by Gasteiger charge is 2.15. The van der Waals surface area contributed by atoms with Gasteiger partial charge in [-0.25, -0.2) is 0 Å². The number of nitrogens with one attached hydrogen (secondary N) is 1. The van der Waals surface area contributed by atoms with Crippen LogP contribution in [0.5, 0.6) is 0 Å². The van der Waals surface area contributed by atoms with Gasteiger partial charge in [0.15, 0.2) is 0 Å². The standard InChI is InChI=1S/C19H33NO8/c1-3-18(23)27-14-16(15-28-19(24)4-2)26-12-7-8-17(22)20-9-13-25-11-6-5-10-21/h10,16H,3-9,11-15H2,1-2H3,(H,20,22). The highest BCUT2D eigenvalue weighted by molar-refractivity contribution is 5.75. The van der Waals surface area contributed by atoms with Crippen molar-refractivity contribution in [2.24, 2.45) is 0 Å². The molecule has 9 heteroatoms. The van der Waals surface area contributed by atoms with Gasteiger partial charge in [0.25, 0.3) is 0 Å². The van der Waals surface area contributed by atoms with Gasteiger partial charge in [-0.1, -0.05) is 13.8 Å². The van der Waals surface area contributed by atoms with Gasteiger partial charge in [-0.15, -0.1) is 0 Å². The largest absolute Gasteiger partial charge is 0.463 e. The van der Waals surface area contributed by atoms with Gasteiger partial charge in [-0.2, -0.15) is 0 Å². The van der Waals surface area contributed by atoms with Crippen LogP contribution < -0.4 is 5.32 Å². The minimum Gasteiger partial charge on any atom is -0.463 e. The lowest BCUT2D eigenvalue weighted by molar-refractivity contribution is -0.154. The number of aldehydes is 1. The predicted octanol–water partition coefficient (Wildman–Crippen LogP) is 1.17. The number of carbonyl (C=O) groups is 4. The third kappa shape index (κ3) is 16.2. The molecule has 0 aliphatic rings. The topological polar surface area (TPSA) is 117 Å². The molecule has 0 rings (SSSR count). The summed E-state index contributed by atoms with van der Waals surface area (Å²) in [7, 11) is 0. The first-order valence-corrected chi connectivity index (χ1v) is 9.74. The molecule has 0 aromatic heterocycles. The Labute approximate surface area is 166 Å². The fourth-order valence-corrected chi connectivity index (χ4v) is 1.92. The Bertz CT molecular complexity index is 435. The third-order valence-corrected chi connectivity index (χ3v) is 3.52. The fourth-order valence-electron chi connectivity index (χ4n) is 1.92. The van der Waals surface area contributed by atoms with Crippen molar-refractivity contribution in [1.82, 2.24) is 5.32 Å². The molecule has 0 fully saturated rings. The Morgan fingerprint density at radius 3 is 2.14 bits per heavy atom. The van der Waals surface area contributed by atoms with Gasteiger partial charge in [0.1, 0.15) is 25.6 Å². The van der Waals surface area contributed by atoms with Crippen molar-refractivity contribution in [3.63, 3.8) is 0 Å². The summed E-state index contributed by atoms with van der Waals surface area (Å²) in [6, 6.07) is 0. The summed E-state index contributed by atoms with van der Waals surface area (Å²) in [5.74, 6) is -0.835. The number of rotatable bonds is 18. The van der Waals surface area contributed by atoms with Crippen LogP contribution in [0.15, 0.2) is 0 Å². The van der Waals surface area contributed by atoms with E-state index in [1.54, 1.807) is 13.8 Å². The molecule has 0 bridgehead atoms. The average molecular weight is 403 g/mol. The fraction of sp³-hybridized carbons (Fsp3) is 0.789. The van der Waals surface area contributed by atoms with E-state index >= 15 is 0 Å². The Balaban J connectivity index is 3.90. The molecule has 162 valence electrons. The molecule has 0 aromatic carbocycles. The first-order chi connectivity index (χ1) is 13.5.